The number of methoxy groups -OCH3 is 2. The molecule has 1 aliphatic heterocycles. The molecule has 5 nitrogen and oxygen atoms in total. The lowest BCUT2D eigenvalue weighted by Crippen LogP contribution is -2.31. The first-order valence-corrected chi connectivity index (χ1v) is 12.0. The second kappa shape index (κ2) is 19.4. The van der Waals surface area contributed by atoms with E-state index in [1.54, 1.807) is 32.4 Å². The molecule has 0 saturated carbocycles. The normalized spacial score (nSPS) is 12.5. The van der Waals surface area contributed by atoms with E-state index in [0.29, 0.717) is 5.56 Å². The number of ether oxygens (including phenoxy) is 2. The third kappa shape index (κ3) is 11.2. The van der Waals surface area contributed by atoms with Crippen LogP contribution in [0.1, 0.15) is 51.3 Å². The van der Waals surface area contributed by atoms with E-state index in [2.05, 4.69) is 30.0 Å². The molecule has 0 saturated heterocycles. The summed E-state index contributed by atoms with van der Waals surface area (Å²) in [6.45, 7) is 13.1. The number of benzene rings is 2. The van der Waals surface area contributed by atoms with Crippen molar-refractivity contribution in [1.29, 1.82) is 5.26 Å². The van der Waals surface area contributed by atoms with Crippen LogP contribution in [-0.2, 0) is 13.0 Å². The lowest BCUT2D eigenvalue weighted by atomic mass is 9.98. The Labute approximate surface area is 206 Å². The quantitative estimate of drug-likeness (QED) is 0.516. The summed E-state index contributed by atoms with van der Waals surface area (Å²) in [5, 5.41) is 17.0. The largest absolute Gasteiger partial charge is 0.493 e. The average Bonchev–Trinajstić information content (AvgIpc) is 2.91. The van der Waals surface area contributed by atoms with Crippen molar-refractivity contribution in [2.24, 2.45) is 0 Å². The van der Waals surface area contributed by atoms with Gasteiger partial charge in [0, 0.05) is 19.6 Å². The molecule has 1 heterocycles. The third-order valence-electron chi connectivity index (χ3n) is 4.80. The summed E-state index contributed by atoms with van der Waals surface area (Å²) in [5.41, 5.74) is 4.65. The molecule has 0 radical (unpaired) electrons. The third-order valence-corrected chi connectivity index (χ3v) is 4.80. The maximum Gasteiger partial charge on any atom is 0.161 e. The molecule has 0 fully saturated rings. The number of allylic oxidation sites excluding steroid dienone is 2. The van der Waals surface area contributed by atoms with Crippen molar-refractivity contribution in [1.82, 2.24) is 4.90 Å². The van der Waals surface area contributed by atoms with Gasteiger partial charge in [0.25, 0.3) is 0 Å². The predicted octanol–water partition coefficient (Wildman–Crippen LogP) is 6.17. The molecule has 5 heteroatoms. The monoisotopic (exact) mass is 466 g/mol. The Morgan fingerprint density at radius 3 is 2.12 bits per heavy atom. The number of hydrogen-bond donors (Lipinski definition) is 1. The summed E-state index contributed by atoms with van der Waals surface area (Å²) < 4.78 is 10.8. The van der Waals surface area contributed by atoms with Crippen LogP contribution in [-0.4, -0.2) is 43.9 Å². The Morgan fingerprint density at radius 2 is 1.62 bits per heavy atom. The highest BCUT2D eigenvalue weighted by atomic mass is 16.5. The summed E-state index contributed by atoms with van der Waals surface area (Å²) in [5.74, 6) is 1.60. The number of fused-ring (bicyclic) bond motifs is 1. The minimum absolute atomic E-state index is 0.0858. The van der Waals surface area contributed by atoms with Gasteiger partial charge in [0.15, 0.2) is 11.5 Å². The van der Waals surface area contributed by atoms with E-state index in [4.69, 9.17) is 19.8 Å². The van der Waals surface area contributed by atoms with E-state index in [-0.39, 0.29) is 6.61 Å². The first kappa shape index (κ1) is 30.9. The van der Waals surface area contributed by atoms with Crippen LogP contribution in [0.2, 0.25) is 0 Å². The maximum atomic E-state index is 8.75. The number of nitrogens with zero attached hydrogens (tertiary/aromatic N) is 2. The standard InChI is InChI=1S/C18H25NO3.C7H5N.2C2H6/c1-14(6-4-5-9-20)12-19-8-7-15-10-17(21-2)18(22-3)11-16(15)13-19;8-6-7-4-2-1-3-5-7;2*1-2/h4-6,10-11,20H,7-9,12-13H2,1-3H3;1-5H;2*1-2H3/b5-4-,14-6+;;;. The fourth-order valence-electron chi connectivity index (χ4n) is 3.29. The molecule has 186 valence electrons. The van der Waals surface area contributed by atoms with Crippen molar-refractivity contribution in [3.63, 3.8) is 0 Å². The second-order valence-corrected chi connectivity index (χ2v) is 7.04. The van der Waals surface area contributed by atoms with Gasteiger partial charge >= 0.3 is 0 Å². The van der Waals surface area contributed by atoms with Gasteiger partial charge in [-0.1, -0.05) is 69.7 Å². The smallest absolute Gasteiger partial charge is 0.161 e. The van der Waals surface area contributed by atoms with Crippen LogP contribution in [0, 0.1) is 11.3 Å². The minimum Gasteiger partial charge on any atom is -0.493 e. The van der Waals surface area contributed by atoms with E-state index >= 15 is 0 Å². The molecule has 34 heavy (non-hydrogen) atoms. The summed E-state index contributed by atoms with van der Waals surface area (Å²) in [6, 6.07) is 15.3. The van der Waals surface area contributed by atoms with E-state index < -0.39 is 0 Å². The Hall–Kier alpha value is -3.07. The highest BCUT2D eigenvalue weighted by molar-refractivity contribution is 5.48. The summed E-state index contributed by atoms with van der Waals surface area (Å²) in [7, 11) is 3.35. The highest BCUT2D eigenvalue weighted by Gasteiger charge is 2.19. The number of aliphatic hydroxyl groups excluding tert-OH is 1. The SMILES string of the molecule is CC.CC.COc1cc2c(cc1OC)CN(C/C(C)=C/C=C\CO)CC2.N#Cc1ccccc1. The Morgan fingerprint density at radius 1 is 1.03 bits per heavy atom. The van der Waals surface area contributed by atoms with Gasteiger partial charge in [0.05, 0.1) is 32.5 Å². The Balaban J connectivity index is 0.000000755. The van der Waals surface area contributed by atoms with Crippen molar-refractivity contribution in [3.05, 3.63) is 83.0 Å². The highest BCUT2D eigenvalue weighted by Crippen LogP contribution is 2.33. The number of hydrogen-bond acceptors (Lipinski definition) is 5. The molecule has 0 aliphatic carbocycles. The zero-order chi connectivity index (χ0) is 25.8. The number of aliphatic hydroxyl groups is 1. The lowest BCUT2D eigenvalue weighted by molar-refractivity contribution is 0.273. The molecular formula is C29H42N2O3. The summed E-state index contributed by atoms with van der Waals surface area (Å²) in [6.07, 6.45) is 6.73. The van der Waals surface area contributed by atoms with E-state index in [1.165, 1.54) is 16.7 Å². The van der Waals surface area contributed by atoms with Gasteiger partial charge in [-0.05, 0) is 48.7 Å². The van der Waals surface area contributed by atoms with Crippen molar-refractivity contribution in [3.8, 4) is 17.6 Å². The van der Waals surface area contributed by atoms with Gasteiger partial charge in [-0.2, -0.15) is 5.26 Å². The Kier molecular flexibility index (Phi) is 17.7. The number of rotatable bonds is 6. The molecule has 2 aromatic carbocycles. The molecule has 3 rings (SSSR count). The zero-order valence-corrected chi connectivity index (χ0v) is 22.0. The van der Waals surface area contributed by atoms with Crippen molar-refractivity contribution >= 4 is 0 Å². The average molecular weight is 467 g/mol. The van der Waals surface area contributed by atoms with Gasteiger partial charge in [-0.25, -0.2) is 0 Å². The van der Waals surface area contributed by atoms with Crippen molar-refractivity contribution < 1.29 is 14.6 Å². The maximum absolute atomic E-state index is 8.75. The van der Waals surface area contributed by atoms with E-state index in [0.717, 1.165) is 37.6 Å². The second-order valence-electron chi connectivity index (χ2n) is 7.04. The van der Waals surface area contributed by atoms with Crippen molar-refractivity contribution in [2.45, 2.75) is 47.6 Å². The molecule has 2 aromatic rings. The van der Waals surface area contributed by atoms with Crippen LogP contribution in [0.3, 0.4) is 0 Å². The predicted molar refractivity (Wildman–Crippen MR) is 142 cm³/mol. The van der Waals surface area contributed by atoms with Crippen LogP contribution >= 0.6 is 0 Å². The molecule has 0 unspecified atom stereocenters. The first-order chi connectivity index (χ1) is 16.6. The van der Waals surface area contributed by atoms with Gasteiger partial charge in [-0.3, -0.25) is 4.90 Å². The summed E-state index contributed by atoms with van der Waals surface area (Å²) in [4.78, 5) is 2.42. The van der Waals surface area contributed by atoms with Crippen LogP contribution in [0.5, 0.6) is 11.5 Å². The number of nitriles is 1. The molecule has 1 aliphatic rings. The van der Waals surface area contributed by atoms with Crippen LogP contribution < -0.4 is 9.47 Å². The molecule has 1 N–H and O–H groups in total. The van der Waals surface area contributed by atoms with Gasteiger partial charge < -0.3 is 14.6 Å². The molecule has 0 aromatic heterocycles. The van der Waals surface area contributed by atoms with Gasteiger partial charge in [0.1, 0.15) is 0 Å². The minimum atomic E-state index is 0.0858. The van der Waals surface area contributed by atoms with E-state index in [1.807, 2.05) is 58.0 Å². The van der Waals surface area contributed by atoms with Crippen molar-refractivity contribution in [2.75, 3.05) is 33.9 Å². The van der Waals surface area contributed by atoms with Gasteiger partial charge in [0.2, 0.25) is 0 Å². The topological polar surface area (TPSA) is 65.7 Å². The van der Waals surface area contributed by atoms with Crippen LogP contribution in [0.25, 0.3) is 0 Å². The summed E-state index contributed by atoms with van der Waals surface area (Å²) >= 11 is 0. The Bertz CT molecular complexity index is 900. The molecule has 0 bridgehead atoms. The molecule has 0 amide bonds. The fraction of sp³-hybridized carbons (Fsp3) is 0.414. The molecule has 0 spiro atoms. The fourth-order valence-corrected chi connectivity index (χ4v) is 3.29. The lowest BCUT2D eigenvalue weighted by Gasteiger charge is -2.29. The first-order valence-electron chi connectivity index (χ1n) is 12.0. The van der Waals surface area contributed by atoms with Gasteiger partial charge in [-0.15, -0.1) is 0 Å². The zero-order valence-electron chi connectivity index (χ0n) is 22.0. The molecule has 0 atom stereocenters. The van der Waals surface area contributed by atoms with E-state index in [9.17, 15) is 0 Å². The molecular weight excluding hydrogens is 424 g/mol. The van der Waals surface area contributed by atoms with Crippen LogP contribution in [0.4, 0.5) is 0 Å². The van der Waals surface area contributed by atoms with Crippen LogP contribution in [0.15, 0.2) is 66.3 Å².